The summed E-state index contributed by atoms with van der Waals surface area (Å²) in [6.45, 7) is 7.07. The number of carboxylic acids is 1. The SMILES string of the molecule is COc1ccc(C23CCC(CN(c4cc(-n5ccc(C(C)C)n5)ccn4)C(=O)[C@H]4CC[C@H](CC(=O)O)CC4)(CC2)CC3)cc1C. The molecule has 0 unspecified atom stereocenters. The van der Waals surface area contributed by atoms with Gasteiger partial charge in [-0.2, -0.15) is 5.10 Å². The van der Waals surface area contributed by atoms with E-state index < -0.39 is 5.97 Å². The molecule has 8 nitrogen and oxygen atoms in total. The molecule has 2 aromatic heterocycles. The molecule has 1 aromatic carbocycles. The van der Waals surface area contributed by atoms with Crippen molar-refractivity contribution < 1.29 is 19.4 Å². The molecule has 1 amide bonds. The van der Waals surface area contributed by atoms with Gasteiger partial charge in [-0.1, -0.05) is 26.0 Å². The first kappa shape index (κ1) is 31.3. The van der Waals surface area contributed by atoms with E-state index in [9.17, 15) is 14.7 Å². The second-order valence-corrected chi connectivity index (χ2v) is 14.4. The summed E-state index contributed by atoms with van der Waals surface area (Å²) in [5, 5.41) is 14.1. The van der Waals surface area contributed by atoms with Crippen LogP contribution in [0.3, 0.4) is 0 Å². The number of carbonyl (C=O) groups is 2. The number of carboxylic acid groups (broad SMARTS) is 1. The Balaban J connectivity index is 1.25. The first-order chi connectivity index (χ1) is 21.6. The molecule has 7 rings (SSSR count). The first-order valence-electron chi connectivity index (χ1n) is 16.8. The summed E-state index contributed by atoms with van der Waals surface area (Å²) in [4.78, 5) is 32.5. The molecule has 4 aliphatic rings. The summed E-state index contributed by atoms with van der Waals surface area (Å²) in [5.41, 5.74) is 4.79. The standard InChI is InChI=1S/C37H48N4O4/c1-25(2)31-12-20-41(39-31)30-11-19-38-33(23-30)40(35(44)28-7-5-27(6-8-28)22-34(42)43)24-36-13-16-37(17-14-36,18-15-36)29-9-10-32(45-4)26(3)21-29/h9-12,19-21,23,25,27-28H,5-8,13-18,22,24H2,1-4H3,(H,42,43)/t27-,28-,36?,37?. The zero-order valence-corrected chi connectivity index (χ0v) is 27.3. The lowest BCUT2D eigenvalue weighted by Gasteiger charge is -2.55. The quantitative estimate of drug-likeness (QED) is 0.253. The van der Waals surface area contributed by atoms with Gasteiger partial charge in [0.1, 0.15) is 11.6 Å². The Morgan fingerprint density at radius 2 is 1.73 bits per heavy atom. The fourth-order valence-corrected chi connectivity index (χ4v) is 8.32. The van der Waals surface area contributed by atoms with Crippen LogP contribution in [0.5, 0.6) is 5.75 Å². The van der Waals surface area contributed by atoms with Crippen molar-refractivity contribution in [3.05, 3.63) is 65.6 Å². The van der Waals surface area contributed by atoms with Crippen LogP contribution in [0.25, 0.3) is 5.69 Å². The van der Waals surface area contributed by atoms with Gasteiger partial charge in [-0.25, -0.2) is 9.67 Å². The summed E-state index contributed by atoms with van der Waals surface area (Å²) < 4.78 is 7.41. The van der Waals surface area contributed by atoms with E-state index in [1.165, 1.54) is 11.1 Å². The highest BCUT2D eigenvalue weighted by Crippen LogP contribution is 2.58. The van der Waals surface area contributed by atoms with Crippen LogP contribution in [0.4, 0.5) is 5.82 Å². The maximum atomic E-state index is 14.4. The van der Waals surface area contributed by atoms with Crippen LogP contribution in [0.15, 0.2) is 48.8 Å². The van der Waals surface area contributed by atoms with Gasteiger partial charge in [0.05, 0.1) is 18.5 Å². The third-order valence-electron chi connectivity index (χ3n) is 11.3. The number of aliphatic carboxylic acids is 1. The molecule has 2 bridgehead atoms. The molecule has 0 aliphatic heterocycles. The van der Waals surface area contributed by atoms with Gasteiger partial charge in [0.15, 0.2) is 0 Å². The second kappa shape index (κ2) is 12.6. The molecular weight excluding hydrogens is 564 g/mol. The molecule has 2 heterocycles. The third-order valence-corrected chi connectivity index (χ3v) is 11.3. The van der Waals surface area contributed by atoms with Gasteiger partial charge < -0.3 is 9.84 Å². The molecule has 45 heavy (non-hydrogen) atoms. The van der Waals surface area contributed by atoms with Gasteiger partial charge in [0, 0.05) is 37.3 Å². The summed E-state index contributed by atoms with van der Waals surface area (Å²) in [6.07, 6.45) is 13.6. The van der Waals surface area contributed by atoms with E-state index >= 15 is 0 Å². The van der Waals surface area contributed by atoms with Crippen molar-refractivity contribution in [1.82, 2.24) is 14.8 Å². The number of ether oxygens (including phenoxy) is 1. The van der Waals surface area contributed by atoms with Gasteiger partial charge in [0.2, 0.25) is 5.91 Å². The van der Waals surface area contributed by atoms with E-state index in [1.807, 2.05) is 34.0 Å². The first-order valence-corrected chi connectivity index (χ1v) is 16.8. The number of benzene rings is 1. The normalized spacial score (nSPS) is 26.2. The van der Waals surface area contributed by atoms with Crippen molar-refractivity contribution in [2.75, 3.05) is 18.6 Å². The molecule has 3 aromatic rings. The highest BCUT2D eigenvalue weighted by molar-refractivity contribution is 5.94. The Morgan fingerprint density at radius 3 is 2.33 bits per heavy atom. The number of carbonyl (C=O) groups excluding carboxylic acids is 1. The number of aromatic nitrogens is 3. The Hall–Kier alpha value is -3.68. The fraction of sp³-hybridized carbons (Fsp3) is 0.568. The summed E-state index contributed by atoms with van der Waals surface area (Å²) in [6, 6.07) is 12.7. The zero-order valence-electron chi connectivity index (χ0n) is 27.3. The number of pyridine rings is 1. The van der Waals surface area contributed by atoms with Crippen molar-refractivity contribution in [2.24, 2.45) is 17.3 Å². The highest BCUT2D eigenvalue weighted by atomic mass is 16.5. The molecule has 0 saturated heterocycles. The number of anilines is 1. The predicted octanol–water partition coefficient (Wildman–Crippen LogP) is 7.61. The van der Waals surface area contributed by atoms with Crippen molar-refractivity contribution in [1.29, 1.82) is 0 Å². The third kappa shape index (κ3) is 6.38. The van der Waals surface area contributed by atoms with Crippen LogP contribution in [0.2, 0.25) is 0 Å². The number of rotatable bonds is 10. The van der Waals surface area contributed by atoms with Crippen LogP contribution in [-0.2, 0) is 15.0 Å². The van der Waals surface area contributed by atoms with Gasteiger partial charge in [-0.05, 0) is 123 Å². The largest absolute Gasteiger partial charge is 0.496 e. The van der Waals surface area contributed by atoms with E-state index in [1.54, 1.807) is 13.3 Å². The lowest BCUT2D eigenvalue weighted by atomic mass is 9.51. The smallest absolute Gasteiger partial charge is 0.303 e. The van der Waals surface area contributed by atoms with Gasteiger partial charge >= 0.3 is 5.97 Å². The molecule has 240 valence electrons. The van der Waals surface area contributed by atoms with Gasteiger partial charge in [-0.3, -0.25) is 14.5 Å². The predicted molar refractivity (Wildman–Crippen MR) is 175 cm³/mol. The molecule has 8 heteroatoms. The lowest BCUT2D eigenvalue weighted by Crippen LogP contribution is -2.52. The average molecular weight is 613 g/mol. The van der Waals surface area contributed by atoms with Crippen molar-refractivity contribution in [2.45, 2.75) is 103 Å². The van der Waals surface area contributed by atoms with E-state index in [-0.39, 0.29) is 35.0 Å². The molecule has 4 aliphatic carbocycles. The molecule has 0 radical (unpaired) electrons. The van der Waals surface area contributed by atoms with Crippen molar-refractivity contribution in [3.8, 4) is 11.4 Å². The van der Waals surface area contributed by atoms with Gasteiger partial charge in [-0.15, -0.1) is 0 Å². The molecule has 4 fully saturated rings. The fourth-order valence-electron chi connectivity index (χ4n) is 8.32. The lowest BCUT2D eigenvalue weighted by molar-refractivity contribution is -0.138. The molecule has 4 saturated carbocycles. The number of aryl methyl sites for hydroxylation is 1. The molecule has 1 N–H and O–H groups in total. The number of hydrogen-bond acceptors (Lipinski definition) is 5. The number of hydrogen-bond donors (Lipinski definition) is 1. The van der Waals surface area contributed by atoms with E-state index in [0.29, 0.717) is 18.3 Å². The van der Waals surface area contributed by atoms with Crippen LogP contribution >= 0.6 is 0 Å². The maximum Gasteiger partial charge on any atom is 0.303 e. The minimum Gasteiger partial charge on any atom is -0.496 e. The molecular formula is C37H48N4O4. The van der Waals surface area contributed by atoms with E-state index in [4.69, 9.17) is 14.8 Å². The Bertz CT molecular complexity index is 1510. The van der Waals surface area contributed by atoms with Crippen molar-refractivity contribution in [3.63, 3.8) is 0 Å². The van der Waals surface area contributed by atoms with E-state index in [0.717, 1.165) is 81.3 Å². The summed E-state index contributed by atoms with van der Waals surface area (Å²) in [5.74, 6) is 1.39. The minimum atomic E-state index is -0.749. The summed E-state index contributed by atoms with van der Waals surface area (Å²) in [7, 11) is 1.73. The van der Waals surface area contributed by atoms with Crippen LogP contribution in [0, 0.1) is 24.2 Å². The Morgan fingerprint density at radius 1 is 1.02 bits per heavy atom. The maximum absolute atomic E-state index is 14.4. The number of fused-ring (bicyclic) bond motifs is 3. The zero-order chi connectivity index (χ0) is 31.8. The Kier molecular flexibility index (Phi) is 8.77. The molecule has 0 atom stereocenters. The van der Waals surface area contributed by atoms with Gasteiger partial charge in [0.25, 0.3) is 0 Å². The summed E-state index contributed by atoms with van der Waals surface area (Å²) >= 11 is 0. The van der Waals surface area contributed by atoms with Crippen molar-refractivity contribution >= 4 is 17.7 Å². The monoisotopic (exact) mass is 612 g/mol. The number of methoxy groups -OCH3 is 1. The minimum absolute atomic E-state index is 0.0631. The average Bonchev–Trinajstić information content (AvgIpc) is 3.56. The van der Waals surface area contributed by atoms with E-state index in [2.05, 4.69) is 39.0 Å². The number of nitrogens with zero attached hydrogens (tertiary/aromatic N) is 4. The van der Waals surface area contributed by atoms with Crippen LogP contribution < -0.4 is 9.64 Å². The molecule has 0 spiro atoms. The topological polar surface area (TPSA) is 97.5 Å². The Labute approximate surface area is 267 Å². The van der Waals surface area contributed by atoms with Crippen LogP contribution in [-0.4, -0.2) is 45.4 Å². The second-order valence-electron chi connectivity index (χ2n) is 14.4. The van der Waals surface area contributed by atoms with Crippen LogP contribution in [0.1, 0.15) is 107 Å². The number of amides is 1. The highest BCUT2D eigenvalue weighted by Gasteiger charge is 2.51.